The number of nitrogens with one attached hydrogen (secondary N) is 1. The van der Waals surface area contributed by atoms with Gasteiger partial charge in [0.1, 0.15) is 0 Å². The van der Waals surface area contributed by atoms with E-state index in [0.29, 0.717) is 16.9 Å². The minimum absolute atomic E-state index is 0.509. The summed E-state index contributed by atoms with van der Waals surface area (Å²) in [5, 5.41) is 3.71. The van der Waals surface area contributed by atoms with Gasteiger partial charge in [-0.25, -0.2) is 0 Å². The molecule has 102 valence electrons. The van der Waals surface area contributed by atoms with Crippen LogP contribution in [0.5, 0.6) is 0 Å². The Labute approximate surface area is 108 Å². The van der Waals surface area contributed by atoms with Crippen molar-refractivity contribution in [1.29, 1.82) is 0 Å². The standard InChI is InChI=1S/C15H32N2/c1-8-17(9-2)11-12(3)16-10-13-14(4,5)15(13,6)7/h12-13,16H,8-11H2,1-7H3. The number of likely N-dealkylation sites (N-methyl/N-ethyl adjacent to an activating group) is 1. The van der Waals surface area contributed by atoms with E-state index in [4.69, 9.17) is 0 Å². The van der Waals surface area contributed by atoms with Crippen molar-refractivity contribution < 1.29 is 0 Å². The first-order valence-corrected chi connectivity index (χ1v) is 7.23. The molecule has 0 aromatic rings. The average Bonchev–Trinajstić information content (AvgIpc) is 2.63. The van der Waals surface area contributed by atoms with Gasteiger partial charge in [-0.1, -0.05) is 41.5 Å². The fourth-order valence-electron chi connectivity index (χ4n) is 3.10. The minimum atomic E-state index is 0.509. The quantitative estimate of drug-likeness (QED) is 0.736. The molecule has 1 rings (SSSR count). The van der Waals surface area contributed by atoms with E-state index in [1.54, 1.807) is 0 Å². The fourth-order valence-corrected chi connectivity index (χ4v) is 3.10. The van der Waals surface area contributed by atoms with Crippen molar-refractivity contribution in [2.75, 3.05) is 26.2 Å². The summed E-state index contributed by atoms with van der Waals surface area (Å²) in [4.78, 5) is 2.49. The summed E-state index contributed by atoms with van der Waals surface area (Å²) in [7, 11) is 0. The monoisotopic (exact) mass is 240 g/mol. The molecular weight excluding hydrogens is 208 g/mol. The molecule has 1 aliphatic rings. The molecule has 0 heterocycles. The molecule has 1 N–H and O–H groups in total. The van der Waals surface area contributed by atoms with Crippen LogP contribution in [0.4, 0.5) is 0 Å². The number of nitrogens with zero attached hydrogens (tertiary/aromatic N) is 1. The molecule has 17 heavy (non-hydrogen) atoms. The lowest BCUT2D eigenvalue weighted by Gasteiger charge is -2.23. The van der Waals surface area contributed by atoms with E-state index < -0.39 is 0 Å². The van der Waals surface area contributed by atoms with Crippen LogP contribution in [-0.4, -0.2) is 37.1 Å². The first kappa shape index (κ1) is 15.0. The van der Waals surface area contributed by atoms with Crippen LogP contribution in [0.1, 0.15) is 48.5 Å². The van der Waals surface area contributed by atoms with Gasteiger partial charge in [0.2, 0.25) is 0 Å². The van der Waals surface area contributed by atoms with Gasteiger partial charge in [-0.05, 0) is 43.3 Å². The zero-order valence-electron chi connectivity index (χ0n) is 12.9. The largest absolute Gasteiger partial charge is 0.313 e. The molecule has 2 nitrogen and oxygen atoms in total. The average molecular weight is 240 g/mol. The Kier molecular flexibility index (Phi) is 4.65. The molecular formula is C15H32N2. The molecule has 0 spiro atoms. The van der Waals surface area contributed by atoms with Crippen molar-refractivity contribution >= 4 is 0 Å². The van der Waals surface area contributed by atoms with E-state index in [0.717, 1.165) is 19.0 Å². The van der Waals surface area contributed by atoms with Crippen LogP contribution < -0.4 is 5.32 Å². The molecule has 0 radical (unpaired) electrons. The van der Waals surface area contributed by atoms with Crippen LogP contribution in [0.3, 0.4) is 0 Å². The summed E-state index contributed by atoms with van der Waals surface area (Å²) in [5.74, 6) is 0.828. The molecule has 0 aliphatic heterocycles. The van der Waals surface area contributed by atoms with Crippen LogP contribution in [0.2, 0.25) is 0 Å². The van der Waals surface area contributed by atoms with Crippen LogP contribution in [0.25, 0.3) is 0 Å². The third kappa shape index (κ3) is 3.03. The zero-order valence-corrected chi connectivity index (χ0v) is 12.9. The molecule has 1 aliphatic carbocycles. The molecule has 1 saturated carbocycles. The Morgan fingerprint density at radius 2 is 1.53 bits per heavy atom. The molecule has 0 aromatic heterocycles. The van der Waals surface area contributed by atoms with Crippen molar-refractivity contribution in [1.82, 2.24) is 10.2 Å². The van der Waals surface area contributed by atoms with Crippen molar-refractivity contribution in [3.8, 4) is 0 Å². The summed E-state index contributed by atoms with van der Waals surface area (Å²) >= 11 is 0. The molecule has 1 unspecified atom stereocenters. The second-order valence-electron chi connectivity index (χ2n) is 6.79. The van der Waals surface area contributed by atoms with Crippen LogP contribution in [0, 0.1) is 16.7 Å². The second kappa shape index (κ2) is 5.27. The number of hydrogen-bond acceptors (Lipinski definition) is 2. The van der Waals surface area contributed by atoms with Gasteiger partial charge in [0, 0.05) is 12.6 Å². The summed E-state index contributed by atoms with van der Waals surface area (Å²) < 4.78 is 0. The lowest BCUT2D eigenvalue weighted by Crippen LogP contribution is -2.40. The van der Waals surface area contributed by atoms with Crippen molar-refractivity contribution in [3.63, 3.8) is 0 Å². The maximum atomic E-state index is 3.71. The summed E-state index contributed by atoms with van der Waals surface area (Å²) in [6.45, 7) is 21.0. The van der Waals surface area contributed by atoms with Crippen LogP contribution in [0.15, 0.2) is 0 Å². The number of rotatable bonds is 7. The highest BCUT2D eigenvalue weighted by atomic mass is 15.1. The molecule has 2 heteroatoms. The molecule has 1 atom stereocenters. The van der Waals surface area contributed by atoms with Gasteiger partial charge in [0.15, 0.2) is 0 Å². The summed E-state index contributed by atoms with van der Waals surface area (Å²) in [6, 6.07) is 0.599. The Balaban J connectivity index is 2.28. The van der Waals surface area contributed by atoms with Crippen LogP contribution in [-0.2, 0) is 0 Å². The van der Waals surface area contributed by atoms with E-state index in [9.17, 15) is 0 Å². The first-order chi connectivity index (χ1) is 7.77. The highest BCUT2D eigenvalue weighted by molar-refractivity contribution is 5.12. The van der Waals surface area contributed by atoms with E-state index in [1.165, 1.54) is 13.1 Å². The highest BCUT2D eigenvalue weighted by Gasteiger charge is 2.63. The zero-order chi connectivity index (χ0) is 13.3. The Morgan fingerprint density at radius 3 is 1.88 bits per heavy atom. The first-order valence-electron chi connectivity index (χ1n) is 7.23. The minimum Gasteiger partial charge on any atom is -0.313 e. The Morgan fingerprint density at radius 1 is 1.06 bits per heavy atom. The lowest BCUT2D eigenvalue weighted by molar-refractivity contribution is 0.268. The van der Waals surface area contributed by atoms with Gasteiger partial charge in [0.25, 0.3) is 0 Å². The predicted octanol–water partition coefficient (Wildman–Crippen LogP) is 2.99. The molecule has 0 aromatic carbocycles. The topological polar surface area (TPSA) is 15.3 Å². The van der Waals surface area contributed by atoms with E-state index in [1.807, 2.05) is 0 Å². The van der Waals surface area contributed by atoms with Gasteiger partial charge >= 0.3 is 0 Å². The van der Waals surface area contributed by atoms with Gasteiger partial charge in [0.05, 0.1) is 0 Å². The van der Waals surface area contributed by atoms with Gasteiger partial charge < -0.3 is 10.2 Å². The predicted molar refractivity (Wildman–Crippen MR) is 76.3 cm³/mol. The lowest BCUT2D eigenvalue weighted by atomic mass is 10.0. The normalized spacial score (nSPS) is 24.0. The Bertz CT molecular complexity index is 227. The van der Waals surface area contributed by atoms with Crippen molar-refractivity contribution in [2.24, 2.45) is 16.7 Å². The smallest absolute Gasteiger partial charge is 0.0166 e. The van der Waals surface area contributed by atoms with E-state index >= 15 is 0 Å². The van der Waals surface area contributed by atoms with Gasteiger partial charge in [-0.15, -0.1) is 0 Å². The second-order valence-corrected chi connectivity index (χ2v) is 6.79. The van der Waals surface area contributed by atoms with E-state index in [-0.39, 0.29) is 0 Å². The summed E-state index contributed by atoms with van der Waals surface area (Å²) in [5.41, 5.74) is 1.02. The SMILES string of the molecule is CCN(CC)CC(C)NCC1C(C)(C)C1(C)C. The van der Waals surface area contributed by atoms with Gasteiger partial charge in [-0.3, -0.25) is 0 Å². The van der Waals surface area contributed by atoms with Crippen LogP contribution >= 0.6 is 0 Å². The van der Waals surface area contributed by atoms with E-state index in [2.05, 4.69) is 58.7 Å². The van der Waals surface area contributed by atoms with Gasteiger partial charge in [-0.2, -0.15) is 0 Å². The molecule has 0 amide bonds. The Hall–Kier alpha value is -0.0800. The van der Waals surface area contributed by atoms with Crippen molar-refractivity contribution in [2.45, 2.75) is 54.5 Å². The molecule has 1 fully saturated rings. The van der Waals surface area contributed by atoms with Crippen molar-refractivity contribution in [3.05, 3.63) is 0 Å². The maximum absolute atomic E-state index is 3.71. The third-order valence-electron chi connectivity index (χ3n) is 5.42. The third-order valence-corrected chi connectivity index (χ3v) is 5.42. The maximum Gasteiger partial charge on any atom is 0.0166 e. The highest BCUT2D eigenvalue weighted by Crippen LogP contribution is 2.67. The molecule has 0 bridgehead atoms. The fraction of sp³-hybridized carbons (Fsp3) is 1.00. The summed E-state index contributed by atoms with van der Waals surface area (Å²) in [6.07, 6.45) is 0. The number of hydrogen-bond donors (Lipinski definition) is 1. The molecule has 0 saturated heterocycles.